The zero-order chi connectivity index (χ0) is 29.2. The number of imide groups is 1. The number of Topliss-reactive ketones (excluding diaryl/α,β-unsaturated/α-hetero) is 1. The lowest BCUT2D eigenvalue weighted by molar-refractivity contribution is -0.127. The van der Waals surface area contributed by atoms with Gasteiger partial charge in [0.25, 0.3) is 11.1 Å². The van der Waals surface area contributed by atoms with Crippen LogP contribution in [0, 0.1) is 12.3 Å². The van der Waals surface area contributed by atoms with E-state index in [-0.39, 0.29) is 34.8 Å². The maximum Gasteiger partial charge on any atom is 0.407 e. The van der Waals surface area contributed by atoms with Gasteiger partial charge in [0.2, 0.25) is 11.8 Å². The van der Waals surface area contributed by atoms with Crippen LogP contribution < -0.4 is 9.47 Å². The van der Waals surface area contributed by atoms with Gasteiger partial charge in [0.1, 0.15) is 24.0 Å². The summed E-state index contributed by atoms with van der Waals surface area (Å²) < 4.78 is 12.3. The molecule has 1 N–H and O–H groups in total. The van der Waals surface area contributed by atoms with E-state index in [4.69, 9.17) is 9.47 Å². The molecule has 3 heterocycles. The highest BCUT2D eigenvalue weighted by molar-refractivity contribution is 8.18. The Morgan fingerprint density at radius 1 is 1.20 bits per heavy atom. The second-order valence-electron chi connectivity index (χ2n) is 10.9. The molecule has 2 aliphatic heterocycles. The van der Waals surface area contributed by atoms with Gasteiger partial charge in [-0.25, -0.2) is 14.8 Å². The SMILES string of the molecule is CC(=O)CN1C(=O)SC(=Cc2cccc(Oc3ncnc(OC4CCN(C(=O)O)C(C(C)(C)C)C4)c3C)c2)C1=O. The van der Waals surface area contributed by atoms with Crippen molar-refractivity contribution in [3.05, 3.63) is 46.6 Å². The number of piperidine rings is 1. The van der Waals surface area contributed by atoms with Gasteiger partial charge in [0, 0.05) is 25.4 Å². The van der Waals surface area contributed by atoms with E-state index >= 15 is 0 Å². The average molecular weight is 569 g/mol. The predicted octanol–water partition coefficient (Wildman–Crippen LogP) is 5.14. The highest BCUT2D eigenvalue weighted by Crippen LogP contribution is 2.36. The van der Waals surface area contributed by atoms with E-state index in [1.54, 1.807) is 37.3 Å². The monoisotopic (exact) mass is 568 g/mol. The number of amides is 3. The van der Waals surface area contributed by atoms with Gasteiger partial charge in [-0.2, -0.15) is 0 Å². The molecule has 4 rings (SSSR count). The second-order valence-corrected chi connectivity index (χ2v) is 11.9. The Morgan fingerprint density at radius 2 is 1.93 bits per heavy atom. The molecule has 2 atom stereocenters. The number of carbonyl (C=O) groups is 4. The van der Waals surface area contributed by atoms with Gasteiger partial charge in [-0.05, 0) is 54.8 Å². The first-order chi connectivity index (χ1) is 18.8. The Morgan fingerprint density at radius 3 is 2.60 bits per heavy atom. The third-order valence-electron chi connectivity index (χ3n) is 6.69. The summed E-state index contributed by atoms with van der Waals surface area (Å²) in [5, 5.41) is 9.15. The third-order valence-corrected chi connectivity index (χ3v) is 7.60. The molecule has 12 heteroatoms. The van der Waals surface area contributed by atoms with Gasteiger partial charge >= 0.3 is 6.09 Å². The molecule has 0 bridgehead atoms. The number of likely N-dealkylation sites (tertiary alicyclic amines) is 1. The van der Waals surface area contributed by atoms with Crippen molar-refractivity contribution < 1.29 is 33.8 Å². The summed E-state index contributed by atoms with van der Waals surface area (Å²) in [4.78, 5) is 59.0. The highest BCUT2D eigenvalue weighted by Gasteiger charge is 2.40. The zero-order valence-electron chi connectivity index (χ0n) is 23.0. The Bertz CT molecular complexity index is 1370. The average Bonchev–Trinajstić information content (AvgIpc) is 3.13. The van der Waals surface area contributed by atoms with E-state index in [0.29, 0.717) is 48.0 Å². The second kappa shape index (κ2) is 11.7. The van der Waals surface area contributed by atoms with Crippen LogP contribution >= 0.6 is 11.8 Å². The molecule has 0 radical (unpaired) electrons. The van der Waals surface area contributed by atoms with E-state index < -0.39 is 17.2 Å². The number of carbonyl (C=O) groups excluding carboxylic acids is 3. The fourth-order valence-electron chi connectivity index (χ4n) is 4.68. The van der Waals surface area contributed by atoms with Crippen molar-refractivity contribution in [2.24, 2.45) is 5.41 Å². The van der Waals surface area contributed by atoms with Crippen molar-refractivity contribution in [2.45, 2.75) is 59.6 Å². The van der Waals surface area contributed by atoms with Gasteiger partial charge < -0.3 is 19.5 Å². The van der Waals surface area contributed by atoms with Gasteiger partial charge in [0.15, 0.2) is 0 Å². The van der Waals surface area contributed by atoms with Crippen LogP contribution in [-0.4, -0.2) is 73.1 Å². The molecule has 212 valence electrons. The summed E-state index contributed by atoms with van der Waals surface area (Å²) in [6.45, 7) is 9.28. The molecule has 2 fully saturated rings. The predicted molar refractivity (Wildman–Crippen MR) is 148 cm³/mol. The van der Waals surface area contributed by atoms with Crippen LogP contribution in [0.3, 0.4) is 0 Å². The highest BCUT2D eigenvalue weighted by atomic mass is 32.2. The van der Waals surface area contributed by atoms with E-state index in [0.717, 1.165) is 16.7 Å². The number of rotatable bonds is 7. The fraction of sp³-hybridized carbons (Fsp3) is 0.429. The lowest BCUT2D eigenvalue weighted by Gasteiger charge is -2.44. The Balaban J connectivity index is 1.48. The first-order valence-corrected chi connectivity index (χ1v) is 13.7. The molecular weight excluding hydrogens is 536 g/mol. The Hall–Kier alpha value is -3.93. The standard InChI is InChI=1S/C28H32N4O7S/c1-16(33)14-32-25(34)21(40-27(32)37)12-18-7-6-8-19(11-18)38-23-17(2)24(30-15-29-23)39-20-9-10-31(26(35)36)22(13-20)28(3,4)5/h6-8,11-12,15,20,22H,9-10,13-14H2,1-5H3,(H,35,36). The lowest BCUT2D eigenvalue weighted by Crippen LogP contribution is -2.53. The maximum absolute atomic E-state index is 12.6. The molecule has 1 aromatic heterocycles. The van der Waals surface area contributed by atoms with Crippen molar-refractivity contribution in [3.63, 3.8) is 0 Å². The summed E-state index contributed by atoms with van der Waals surface area (Å²) >= 11 is 0.785. The van der Waals surface area contributed by atoms with Crippen molar-refractivity contribution in [1.29, 1.82) is 0 Å². The molecule has 40 heavy (non-hydrogen) atoms. The number of ether oxygens (including phenoxy) is 2. The first-order valence-electron chi connectivity index (χ1n) is 12.8. The van der Waals surface area contributed by atoms with Crippen molar-refractivity contribution in [1.82, 2.24) is 19.8 Å². The molecule has 0 aliphatic carbocycles. The fourth-order valence-corrected chi connectivity index (χ4v) is 5.52. The molecule has 2 aliphatic rings. The van der Waals surface area contributed by atoms with Crippen LogP contribution in [0.25, 0.3) is 6.08 Å². The molecule has 2 saturated heterocycles. The summed E-state index contributed by atoms with van der Waals surface area (Å²) in [5.41, 5.74) is 0.967. The number of ketones is 1. The molecule has 0 spiro atoms. The van der Waals surface area contributed by atoms with E-state index in [2.05, 4.69) is 9.97 Å². The van der Waals surface area contributed by atoms with Crippen LogP contribution in [0.5, 0.6) is 17.5 Å². The van der Waals surface area contributed by atoms with E-state index in [1.807, 2.05) is 20.8 Å². The molecule has 1 aromatic carbocycles. The minimum Gasteiger partial charge on any atom is -0.474 e. The van der Waals surface area contributed by atoms with Crippen LogP contribution in [-0.2, 0) is 9.59 Å². The van der Waals surface area contributed by atoms with Crippen molar-refractivity contribution in [3.8, 4) is 17.5 Å². The van der Waals surface area contributed by atoms with Crippen LogP contribution in [0.1, 0.15) is 51.7 Å². The minimum atomic E-state index is -0.930. The quantitative estimate of drug-likeness (QED) is 0.447. The van der Waals surface area contributed by atoms with Gasteiger partial charge in [-0.15, -0.1) is 0 Å². The van der Waals surface area contributed by atoms with Crippen LogP contribution in [0.2, 0.25) is 0 Å². The number of hydrogen-bond donors (Lipinski definition) is 1. The van der Waals surface area contributed by atoms with E-state index in [9.17, 15) is 24.3 Å². The molecule has 0 saturated carbocycles. The number of thioether (sulfide) groups is 1. The molecule has 11 nitrogen and oxygen atoms in total. The zero-order valence-corrected chi connectivity index (χ0v) is 23.9. The lowest BCUT2D eigenvalue weighted by atomic mass is 9.80. The van der Waals surface area contributed by atoms with Crippen molar-refractivity contribution in [2.75, 3.05) is 13.1 Å². The van der Waals surface area contributed by atoms with E-state index in [1.165, 1.54) is 18.2 Å². The number of carboxylic acid groups (broad SMARTS) is 1. The van der Waals surface area contributed by atoms with Gasteiger partial charge in [-0.3, -0.25) is 19.3 Å². The first kappa shape index (κ1) is 29.1. The Kier molecular flexibility index (Phi) is 8.48. The minimum absolute atomic E-state index is 0.201. The molecule has 3 amide bonds. The Labute approximate surface area is 236 Å². The topological polar surface area (TPSA) is 139 Å². The normalized spacial score (nSPS) is 20.7. The van der Waals surface area contributed by atoms with Crippen LogP contribution in [0.4, 0.5) is 9.59 Å². The largest absolute Gasteiger partial charge is 0.474 e. The summed E-state index contributed by atoms with van der Waals surface area (Å²) in [7, 11) is 0. The van der Waals surface area contributed by atoms with Crippen LogP contribution in [0.15, 0.2) is 35.5 Å². The molecule has 2 aromatic rings. The summed E-state index contributed by atoms with van der Waals surface area (Å²) in [5.74, 6) is 0.322. The number of hydrogen-bond acceptors (Lipinski definition) is 9. The van der Waals surface area contributed by atoms with Gasteiger partial charge in [-0.1, -0.05) is 32.9 Å². The third kappa shape index (κ3) is 6.61. The smallest absolute Gasteiger partial charge is 0.407 e. The summed E-state index contributed by atoms with van der Waals surface area (Å²) in [6, 6.07) is 6.75. The number of nitrogens with zero attached hydrogens (tertiary/aromatic N) is 4. The molecular formula is C28H32N4O7S. The number of aromatic nitrogens is 2. The summed E-state index contributed by atoms with van der Waals surface area (Å²) in [6.07, 6.45) is 2.85. The van der Waals surface area contributed by atoms with Gasteiger partial charge in [0.05, 0.1) is 17.0 Å². The molecule has 2 unspecified atom stereocenters. The number of benzene rings is 1. The van der Waals surface area contributed by atoms with Crippen molar-refractivity contribution >= 4 is 40.9 Å². The maximum atomic E-state index is 12.6.